The molecule has 3 heterocycles. The molecule has 20 heavy (non-hydrogen) atoms. The molecule has 0 aromatic carbocycles. The van der Waals surface area contributed by atoms with Crippen LogP contribution in [0, 0.1) is 5.92 Å². The Morgan fingerprint density at radius 3 is 2.90 bits per heavy atom. The highest BCUT2D eigenvalue weighted by Gasteiger charge is 2.26. The Morgan fingerprint density at radius 1 is 1.50 bits per heavy atom. The van der Waals surface area contributed by atoms with E-state index in [-0.39, 0.29) is 17.4 Å². The van der Waals surface area contributed by atoms with Crippen molar-refractivity contribution in [2.75, 3.05) is 18.0 Å². The monoisotopic (exact) mass is 294 g/mol. The Hall–Kier alpha value is -2.00. The number of hydrazine groups is 1. The smallest absolute Gasteiger partial charge is 0.270 e. The molecule has 0 saturated carbocycles. The van der Waals surface area contributed by atoms with Crippen LogP contribution in [0.5, 0.6) is 0 Å². The molecule has 9 heteroatoms. The second-order valence-corrected chi connectivity index (χ2v) is 5.63. The molecular weight excluding hydrogens is 280 g/mol. The number of nitrogens with zero attached hydrogens (tertiary/aromatic N) is 3. The number of nitrogens with one attached hydrogen (secondary N) is 2. The van der Waals surface area contributed by atoms with Crippen LogP contribution in [0.4, 0.5) is 5.13 Å². The van der Waals surface area contributed by atoms with E-state index in [4.69, 9.17) is 5.84 Å². The maximum atomic E-state index is 11.6. The molecule has 0 spiro atoms. The number of aromatic amines is 1. The number of carbonyl (C=O) groups excluding carboxylic acids is 1. The highest BCUT2D eigenvalue weighted by molar-refractivity contribution is 7.22. The van der Waals surface area contributed by atoms with Crippen molar-refractivity contribution in [3.05, 3.63) is 16.7 Å². The van der Waals surface area contributed by atoms with Crippen LogP contribution in [0.2, 0.25) is 0 Å². The van der Waals surface area contributed by atoms with E-state index in [1.54, 1.807) is 0 Å². The Morgan fingerprint density at radius 2 is 2.25 bits per heavy atom. The number of thiazole rings is 1. The zero-order chi connectivity index (χ0) is 14.1. The average Bonchev–Trinajstić information content (AvgIpc) is 2.92. The number of hydrogen-bond acceptors (Lipinski definition) is 7. The normalized spacial score (nSPS) is 16.6. The number of piperidine rings is 1. The molecule has 1 fully saturated rings. The average molecular weight is 294 g/mol. The molecule has 2 aromatic rings. The Balaban J connectivity index is 1.78. The fourth-order valence-corrected chi connectivity index (χ4v) is 3.31. The van der Waals surface area contributed by atoms with Gasteiger partial charge in [-0.1, -0.05) is 11.3 Å². The molecule has 2 aromatic heterocycles. The maximum absolute atomic E-state index is 11.6. The molecule has 8 nitrogen and oxygen atoms in total. The van der Waals surface area contributed by atoms with Crippen LogP contribution < -0.4 is 21.7 Å². The first-order valence-electron chi connectivity index (χ1n) is 6.28. The van der Waals surface area contributed by atoms with Gasteiger partial charge in [0.15, 0.2) is 10.8 Å². The van der Waals surface area contributed by atoms with Crippen LogP contribution in [0.3, 0.4) is 0 Å². The van der Waals surface area contributed by atoms with Crippen LogP contribution in [0.1, 0.15) is 12.8 Å². The third-order valence-corrected chi connectivity index (χ3v) is 4.57. The molecule has 106 valence electrons. The van der Waals surface area contributed by atoms with Crippen molar-refractivity contribution in [1.29, 1.82) is 0 Å². The molecule has 0 atom stereocenters. The number of amides is 1. The Bertz CT molecular complexity index is 688. The molecule has 4 N–H and O–H groups in total. The summed E-state index contributed by atoms with van der Waals surface area (Å²) >= 11 is 1.33. The van der Waals surface area contributed by atoms with Gasteiger partial charge in [-0.2, -0.15) is 4.98 Å². The fraction of sp³-hybridized carbons (Fsp3) is 0.455. The number of carbonyl (C=O) groups is 1. The summed E-state index contributed by atoms with van der Waals surface area (Å²) in [4.78, 5) is 36.2. The summed E-state index contributed by atoms with van der Waals surface area (Å²) in [6.45, 7) is 1.44. The summed E-state index contributed by atoms with van der Waals surface area (Å²) in [7, 11) is 0. The van der Waals surface area contributed by atoms with Gasteiger partial charge in [0.2, 0.25) is 5.91 Å². The van der Waals surface area contributed by atoms with Crippen LogP contribution >= 0.6 is 11.3 Å². The molecular formula is C11H14N6O2S. The summed E-state index contributed by atoms with van der Waals surface area (Å²) in [6, 6.07) is 0. The molecule has 1 aliphatic heterocycles. The van der Waals surface area contributed by atoms with Gasteiger partial charge in [0.1, 0.15) is 4.70 Å². The van der Waals surface area contributed by atoms with Crippen molar-refractivity contribution in [3.8, 4) is 0 Å². The van der Waals surface area contributed by atoms with Gasteiger partial charge in [0.05, 0.1) is 6.33 Å². The largest absolute Gasteiger partial charge is 0.348 e. The van der Waals surface area contributed by atoms with Crippen molar-refractivity contribution in [3.63, 3.8) is 0 Å². The fourth-order valence-electron chi connectivity index (χ4n) is 2.34. The van der Waals surface area contributed by atoms with Crippen LogP contribution in [0.25, 0.3) is 10.3 Å². The van der Waals surface area contributed by atoms with E-state index in [1.165, 1.54) is 17.7 Å². The summed E-state index contributed by atoms with van der Waals surface area (Å²) in [5.74, 6) is 4.98. The molecule has 0 unspecified atom stereocenters. The van der Waals surface area contributed by atoms with E-state index in [0.717, 1.165) is 31.1 Å². The first-order chi connectivity index (χ1) is 9.69. The number of rotatable bonds is 2. The van der Waals surface area contributed by atoms with Crippen molar-refractivity contribution in [2.24, 2.45) is 11.8 Å². The van der Waals surface area contributed by atoms with Gasteiger partial charge in [0, 0.05) is 19.0 Å². The molecule has 0 bridgehead atoms. The van der Waals surface area contributed by atoms with E-state index in [1.807, 2.05) is 0 Å². The lowest BCUT2D eigenvalue weighted by Gasteiger charge is -2.30. The van der Waals surface area contributed by atoms with Crippen LogP contribution in [-0.4, -0.2) is 33.9 Å². The number of anilines is 1. The minimum Gasteiger partial charge on any atom is -0.348 e. The highest BCUT2D eigenvalue weighted by atomic mass is 32.1. The van der Waals surface area contributed by atoms with Gasteiger partial charge in [-0.15, -0.1) is 0 Å². The molecule has 1 saturated heterocycles. The van der Waals surface area contributed by atoms with Gasteiger partial charge in [-0.25, -0.2) is 10.8 Å². The lowest BCUT2D eigenvalue weighted by molar-refractivity contribution is -0.125. The second-order valence-electron chi connectivity index (χ2n) is 4.65. The van der Waals surface area contributed by atoms with Gasteiger partial charge in [-0.05, 0) is 12.8 Å². The van der Waals surface area contributed by atoms with Gasteiger partial charge in [0.25, 0.3) is 5.56 Å². The Kier molecular flexibility index (Phi) is 3.36. The van der Waals surface area contributed by atoms with Gasteiger partial charge >= 0.3 is 0 Å². The van der Waals surface area contributed by atoms with E-state index in [9.17, 15) is 9.59 Å². The number of hydrogen-bond donors (Lipinski definition) is 3. The topological polar surface area (TPSA) is 117 Å². The first kappa shape index (κ1) is 13.0. The maximum Gasteiger partial charge on any atom is 0.270 e. The number of nitrogens with two attached hydrogens (primary N) is 1. The third kappa shape index (κ3) is 2.25. The predicted molar refractivity (Wildman–Crippen MR) is 75.3 cm³/mol. The van der Waals surface area contributed by atoms with Gasteiger partial charge < -0.3 is 9.88 Å². The Labute approximate surface area is 118 Å². The first-order valence-corrected chi connectivity index (χ1v) is 7.10. The second kappa shape index (κ2) is 5.17. The number of fused-ring (bicyclic) bond motifs is 1. The molecule has 1 aliphatic rings. The molecule has 3 rings (SSSR count). The lowest BCUT2D eigenvalue weighted by atomic mass is 9.96. The summed E-state index contributed by atoms with van der Waals surface area (Å²) in [5.41, 5.74) is 2.49. The highest BCUT2D eigenvalue weighted by Crippen LogP contribution is 2.28. The minimum atomic E-state index is -0.170. The van der Waals surface area contributed by atoms with Crippen LogP contribution in [-0.2, 0) is 4.79 Å². The van der Waals surface area contributed by atoms with Crippen molar-refractivity contribution in [1.82, 2.24) is 20.4 Å². The van der Waals surface area contributed by atoms with Crippen LogP contribution in [0.15, 0.2) is 11.1 Å². The molecule has 0 aliphatic carbocycles. The van der Waals surface area contributed by atoms with E-state index >= 15 is 0 Å². The minimum absolute atomic E-state index is 0.0489. The number of aromatic nitrogens is 3. The summed E-state index contributed by atoms with van der Waals surface area (Å²) in [5, 5.41) is 0.774. The predicted octanol–water partition coefficient (Wildman–Crippen LogP) is -0.414. The van der Waals surface area contributed by atoms with Gasteiger partial charge in [-0.3, -0.25) is 15.0 Å². The van der Waals surface area contributed by atoms with E-state index in [0.29, 0.717) is 10.3 Å². The third-order valence-electron chi connectivity index (χ3n) is 3.47. The zero-order valence-electron chi connectivity index (χ0n) is 10.6. The quantitative estimate of drug-likeness (QED) is 0.394. The van der Waals surface area contributed by atoms with Crippen molar-refractivity contribution in [2.45, 2.75) is 12.8 Å². The summed E-state index contributed by atoms with van der Waals surface area (Å²) < 4.78 is 0.532. The van der Waals surface area contributed by atoms with Crippen molar-refractivity contribution >= 4 is 32.7 Å². The van der Waals surface area contributed by atoms with Crippen molar-refractivity contribution < 1.29 is 4.79 Å². The standard InChI is InChI=1S/C11H14N6O2S/c12-16-9(18)6-1-3-17(4-2-6)11-15-8-7(20-11)10(19)14-5-13-8/h5-6H,1-4,12H2,(H,16,18)(H,13,14,19). The molecule has 0 radical (unpaired) electrons. The van der Waals surface area contributed by atoms with E-state index in [2.05, 4.69) is 25.3 Å². The number of H-pyrrole nitrogens is 1. The van der Waals surface area contributed by atoms with E-state index < -0.39 is 0 Å². The lowest BCUT2D eigenvalue weighted by Crippen LogP contribution is -2.42. The SMILES string of the molecule is NNC(=O)C1CCN(c2nc3nc[nH]c(=O)c3s2)CC1. The summed E-state index contributed by atoms with van der Waals surface area (Å²) in [6.07, 6.45) is 2.80. The zero-order valence-corrected chi connectivity index (χ0v) is 11.4. The molecule has 1 amide bonds.